The largest absolute Gasteiger partial charge is 0.347 e. The molecule has 1 aromatic heterocycles. The summed E-state index contributed by atoms with van der Waals surface area (Å²) < 4.78 is 0.550. The summed E-state index contributed by atoms with van der Waals surface area (Å²) in [6, 6.07) is 1.23. The molecule has 0 atom stereocenters. The van der Waals surface area contributed by atoms with Crippen molar-refractivity contribution in [2.45, 2.75) is 0 Å². The summed E-state index contributed by atoms with van der Waals surface area (Å²) in [5, 5.41) is 12.9. The molecule has 0 aliphatic rings. The lowest BCUT2D eigenvalue weighted by atomic mass is 10.2. The van der Waals surface area contributed by atoms with Crippen LogP contribution in [0.1, 0.15) is 10.4 Å². The predicted molar refractivity (Wildman–Crippen MR) is 66.3 cm³/mol. The topological polar surface area (TPSA) is 85.1 Å². The van der Waals surface area contributed by atoms with Crippen LogP contribution in [0.2, 0.25) is 5.15 Å². The Kier molecular flexibility index (Phi) is 4.59. The lowest BCUT2D eigenvalue weighted by Gasteiger charge is -2.05. The number of hydrogen-bond acceptors (Lipinski definition) is 4. The third-order valence-electron chi connectivity index (χ3n) is 1.75. The minimum absolute atomic E-state index is 0.135. The smallest absolute Gasteiger partial charge is 0.319 e. The van der Waals surface area contributed by atoms with E-state index in [0.717, 1.165) is 0 Å². The molecule has 0 aromatic carbocycles. The van der Waals surface area contributed by atoms with E-state index in [1.54, 1.807) is 0 Å². The Labute approximate surface area is 110 Å². The van der Waals surface area contributed by atoms with Crippen molar-refractivity contribution in [1.29, 1.82) is 0 Å². The van der Waals surface area contributed by atoms with Crippen LogP contribution in [0.25, 0.3) is 0 Å². The molecule has 90 valence electrons. The van der Waals surface area contributed by atoms with Gasteiger partial charge in [0.15, 0.2) is 0 Å². The van der Waals surface area contributed by atoms with Gasteiger partial charge in [0.25, 0.3) is 5.91 Å². The van der Waals surface area contributed by atoms with E-state index in [2.05, 4.69) is 32.8 Å². The first kappa shape index (κ1) is 13.6. The Balaban J connectivity index is 3.05. The van der Waals surface area contributed by atoms with Crippen molar-refractivity contribution in [1.82, 2.24) is 10.3 Å². The van der Waals surface area contributed by atoms with Gasteiger partial charge >= 0.3 is 5.69 Å². The van der Waals surface area contributed by atoms with Crippen LogP contribution in [0.15, 0.2) is 23.3 Å². The van der Waals surface area contributed by atoms with Crippen molar-refractivity contribution in [3.05, 3.63) is 44.2 Å². The number of nitro groups is 1. The maximum absolute atomic E-state index is 11.7. The van der Waals surface area contributed by atoms with Crippen LogP contribution in [0, 0.1) is 10.1 Å². The molecule has 0 saturated carbocycles. The number of aromatic nitrogens is 1. The van der Waals surface area contributed by atoms with Gasteiger partial charge in [0.1, 0.15) is 5.56 Å². The summed E-state index contributed by atoms with van der Waals surface area (Å²) in [7, 11) is 0. The van der Waals surface area contributed by atoms with Gasteiger partial charge in [-0.25, -0.2) is 4.98 Å². The Morgan fingerprint density at radius 1 is 1.71 bits per heavy atom. The third-order valence-corrected chi connectivity index (χ3v) is 2.30. The van der Waals surface area contributed by atoms with Crippen molar-refractivity contribution in [2.24, 2.45) is 0 Å². The molecular weight excluding hydrogens is 313 g/mol. The molecule has 0 fully saturated rings. The van der Waals surface area contributed by atoms with Gasteiger partial charge in [-0.15, -0.1) is 0 Å². The average Bonchev–Trinajstić information content (AvgIpc) is 2.24. The summed E-state index contributed by atoms with van der Waals surface area (Å²) in [6.07, 6.45) is 1.23. The molecule has 0 unspecified atom stereocenters. The van der Waals surface area contributed by atoms with Gasteiger partial charge in [0.2, 0.25) is 5.15 Å². The molecule has 1 rings (SSSR count). The molecule has 0 aliphatic heterocycles. The van der Waals surface area contributed by atoms with E-state index in [1.807, 2.05) is 0 Å². The van der Waals surface area contributed by atoms with E-state index in [-0.39, 0.29) is 17.3 Å². The number of nitrogens with zero attached hydrogens (tertiary/aromatic N) is 2. The monoisotopic (exact) mass is 319 g/mol. The summed E-state index contributed by atoms with van der Waals surface area (Å²) in [6.45, 7) is 3.69. The molecule has 0 spiro atoms. The van der Waals surface area contributed by atoms with E-state index in [0.29, 0.717) is 4.48 Å². The molecule has 8 heteroatoms. The maximum Gasteiger partial charge on any atom is 0.319 e. The summed E-state index contributed by atoms with van der Waals surface area (Å²) >= 11 is 8.63. The number of nitrogens with one attached hydrogen (secondary N) is 1. The fourth-order valence-electron chi connectivity index (χ4n) is 1.06. The fourth-order valence-corrected chi connectivity index (χ4v) is 1.42. The molecule has 17 heavy (non-hydrogen) atoms. The van der Waals surface area contributed by atoms with Crippen LogP contribution in [0.4, 0.5) is 5.69 Å². The van der Waals surface area contributed by atoms with Crippen molar-refractivity contribution in [3.8, 4) is 0 Å². The Bertz CT molecular complexity index is 492. The first-order chi connectivity index (χ1) is 7.93. The van der Waals surface area contributed by atoms with Crippen molar-refractivity contribution >= 4 is 39.1 Å². The zero-order chi connectivity index (χ0) is 13.0. The fraction of sp³-hybridized carbons (Fsp3) is 0.111. The summed E-state index contributed by atoms with van der Waals surface area (Å²) in [4.78, 5) is 25.2. The highest BCUT2D eigenvalue weighted by Crippen LogP contribution is 2.25. The number of rotatable bonds is 4. The van der Waals surface area contributed by atoms with Crippen LogP contribution < -0.4 is 5.32 Å². The first-order valence-corrected chi connectivity index (χ1v) is 5.51. The van der Waals surface area contributed by atoms with Crippen molar-refractivity contribution in [3.63, 3.8) is 0 Å². The van der Waals surface area contributed by atoms with Gasteiger partial charge in [-0.1, -0.05) is 34.1 Å². The van der Waals surface area contributed by atoms with Gasteiger partial charge in [0.05, 0.1) is 4.92 Å². The molecule has 1 amide bonds. The number of amides is 1. The minimum Gasteiger partial charge on any atom is -0.347 e. The number of carbonyl (C=O) groups is 1. The van der Waals surface area contributed by atoms with Gasteiger partial charge < -0.3 is 5.32 Å². The van der Waals surface area contributed by atoms with Gasteiger partial charge in [-0.3, -0.25) is 14.9 Å². The SMILES string of the molecule is C=C(Br)CNC(=O)c1ccnc(Cl)c1[N+](=O)[O-]. The molecule has 0 saturated heterocycles. The maximum atomic E-state index is 11.7. The van der Waals surface area contributed by atoms with Crippen LogP contribution in [0.3, 0.4) is 0 Å². The van der Waals surface area contributed by atoms with E-state index >= 15 is 0 Å². The Morgan fingerprint density at radius 3 is 2.88 bits per heavy atom. The van der Waals surface area contributed by atoms with E-state index in [4.69, 9.17) is 11.6 Å². The first-order valence-electron chi connectivity index (χ1n) is 4.34. The molecule has 6 nitrogen and oxygen atoms in total. The molecule has 0 bridgehead atoms. The second-order valence-corrected chi connectivity index (χ2v) is 4.43. The van der Waals surface area contributed by atoms with Crippen molar-refractivity contribution in [2.75, 3.05) is 6.54 Å². The van der Waals surface area contributed by atoms with Gasteiger partial charge in [-0.05, 0) is 6.07 Å². The summed E-state index contributed by atoms with van der Waals surface area (Å²) in [5.74, 6) is -0.610. The lowest BCUT2D eigenvalue weighted by Crippen LogP contribution is -2.25. The third kappa shape index (κ3) is 3.50. The highest BCUT2D eigenvalue weighted by Gasteiger charge is 2.24. The summed E-state index contributed by atoms with van der Waals surface area (Å²) in [5.41, 5.74) is -0.643. The number of hydrogen-bond donors (Lipinski definition) is 1. The zero-order valence-corrected chi connectivity index (χ0v) is 10.8. The van der Waals surface area contributed by atoms with Crippen LogP contribution >= 0.6 is 27.5 Å². The second kappa shape index (κ2) is 5.74. The van der Waals surface area contributed by atoms with Gasteiger partial charge in [0, 0.05) is 17.2 Å². The molecule has 0 aliphatic carbocycles. The number of carbonyl (C=O) groups excluding carboxylic acids is 1. The molecule has 1 N–H and O–H groups in total. The molecular formula is C9H7BrClN3O3. The quantitative estimate of drug-likeness (QED) is 0.524. The zero-order valence-electron chi connectivity index (χ0n) is 8.44. The van der Waals surface area contributed by atoms with E-state index in [9.17, 15) is 14.9 Å². The Hall–Kier alpha value is -1.47. The van der Waals surface area contributed by atoms with Crippen LogP contribution in [-0.4, -0.2) is 22.4 Å². The van der Waals surface area contributed by atoms with Crippen LogP contribution in [-0.2, 0) is 0 Å². The Morgan fingerprint density at radius 2 is 2.35 bits per heavy atom. The van der Waals surface area contributed by atoms with Gasteiger partial charge in [-0.2, -0.15) is 0 Å². The normalized spacial score (nSPS) is 9.76. The standard InChI is InChI=1S/C9H7BrClN3O3/c1-5(10)4-13-9(15)6-2-3-12-8(11)7(6)14(16)17/h2-3H,1,4H2,(H,13,15). The lowest BCUT2D eigenvalue weighted by molar-refractivity contribution is -0.385. The highest BCUT2D eigenvalue weighted by atomic mass is 79.9. The minimum atomic E-state index is -0.743. The second-order valence-electron chi connectivity index (χ2n) is 2.95. The predicted octanol–water partition coefficient (Wildman–Crippen LogP) is 2.28. The molecule has 1 heterocycles. The number of halogens is 2. The highest BCUT2D eigenvalue weighted by molar-refractivity contribution is 9.11. The van der Waals surface area contributed by atoms with Crippen LogP contribution in [0.5, 0.6) is 0 Å². The average molecular weight is 321 g/mol. The molecule has 0 radical (unpaired) electrons. The van der Waals surface area contributed by atoms with E-state index in [1.165, 1.54) is 12.3 Å². The van der Waals surface area contributed by atoms with E-state index < -0.39 is 16.5 Å². The number of pyridine rings is 1. The molecule has 1 aromatic rings. The van der Waals surface area contributed by atoms with Crippen molar-refractivity contribution < 1.29 is 9.72 Å².